The van der Waals surface area contributed by atoms with E-state index < -0.39 is 4.92 Å². The zero-order chi connectivity index (χ0) is 23.9. The lowest BCUT2D eigenvalue weighted by Gasteiger charge is -2.10. The normalized spacial score (nSPS) is 11.0. The van der Waals surface area contributed by atoms with E-state index in [1.54, 1.807) is 24.5 Å². The molecule has 0 spiro atoms. The minimum atomic E-state index is -0.479. The Hall–Kier alpha value is -3.90. The van der Waals surface area contributed by atoms with Gasteiger partial charge in [-0.1, -0.05) is 27.7 Å². The summed E-state index contributed by atoms with van der Waals surface area (Å²) in [6, 6.07) is 17.2. The molecule has 2 aromatic carbocycles. The molecule has 4 rings (SSSR count). The first-order valence-corrected chi connectivity index (χ1v) is 11.6. The van der Waals surface area contributed by atoms with E-state index in [9.17, 15) is 14.9 Å². The summed E-state index contributed by atoms with van der Waals surface area (Å²) in [5, 5.41) is 23.8. The molecule has 0 saturated carbocycles. The second-order valence-corrected chi connectivity index (χ2v) is 8.64. The highest BCUT2D eigenvalue weighted by molar-refractivity contribution is 9.10. The predicted octanol–water partition coefficient (Wildman–Crippen LogP) is 4.24. The zero-order valence-electron chi connectivity index (χ0n) is 17.4. The molecule has 0 aliphatic carbocycles. The van der Waals surface area contributed by atoms with Crippen molar-refractivity contribution in [2.75, 3.05) is 5.75 Å². The molecule has 170 valence electrons. The molecule has 0 atom stereocenters. The van der Waals surface area contributed by atoms with Crippen LogP contribution in [0.15, 0.2) is 87.8 Å². The van der Waals surface area contributed by atoms with Crippen LogP contribution >= 0.6 is 27.7 Å². The molecule has 0 bridgehead atoms. The summed E-state index contributed by atoms with van der Waals surface area (Å²) in [4.78, 5) is 26.6. The molecular formula is C22H16BrN7O3S. The largest absolute Gasteiger partial charge is 0.272 e. The first-order valence-electron chi connectivity index (χ1n) is 9.82. The highest BCUT2D eigenvalue weighted by Gasteiger charge is 2.17. The van der Waals surface area contributed by atoms with Crippen molar-refractivity contribution >= 4 is 45.5 Å². The van der Waals surface area contributed by atoms with E-state index in [0.717, 1.165) is 15.7 Å². The Bertz CT molecular complexity index is 1330. The van der Waals surface area contributed by atoms with E-state index in [1.165, 1.54) is 30.1 Å². The number of aromatic nitrogens is 4. The monoisotopic (exact) mass is 537 g/mol. The number of halogens is 1. The van der Waals surface area contributed by atoms with Gasteiger partial charge in [0.25, 0.3) is 11.6 Å². The maximum Gasteiger partial charge on any atom is 0.269 e. The zero-order valence-corrected chi connectivity index (χ0v) is 19.8. The van der Waals surface area contributed by atoms with Crippen molar-refractivity contribution in [3.05, 3.63) is 93.2 Å². The van der Waals surface area contributed by atoms with Gasteiger partial charge in [-0.05, 0) is 54.1 Å². The summed E-state index contributed by atoms with van der Waals surface area (Å²) in [6.45, 7) is 0. The number of nitro groups is 1. The molecule has 0 saturated heterocycles. The van der Waals surface area contributed by atoms with E-state index in [0.29, 0.717) is 16.5 Å². The average molecular weight is 538 g/mol. The highest BCUT2D eigenvalue weighted by Crippen LogP contribution is 2.28. The predicted molar refractivity (Wildman–Crippen MR) is 132 cm³/mol. The first kappa shape index (κ1) is 23.3. The topological polar surface area (TPSA) is 128 Å². The van der Waals surface area contributed by atoms with Crippen molar-refractivity contribution in [3.8, 4) is 17.1 Å². The SMILES string of the molecule is O=C(CSc1nnc(-c2ccncc2)n1-c1ccc(Br)cc1)NN=Cc1ccc([N+](=O)[O-])cc1. The summed E-state index contributed by atoms with van der Waals surface area (Å²) in [6.07, 6.45) is 4.77. The second kappa shape index (κ2) is 10.8. The van der Waals surface area contributed by atoms with Gasteiger partial charge < -0.3 is 0 Å². The Kier molecular flexibility index (Phi) is 7.40. The van der Waals surface area contributed by atoms with Crippen LogP contribution in [0.3, 0.4) is 0 Å². The van der Waals surface area contributed by atoms with Gasteiger partial charge in [-0.3, -0.25) is 24.5 Å². The summed E-state index contributed by atoms with van der Waals surface area (Å²) < 4.78 is 2.81. The van der Waals surface area contributed by atoms with Crippen LogP contribution in [0.5, 0.6) is 0 Å². The number of hydrazone groups is 1. The van der Waals surface area contributed by atoms with Crippen LogP contribution in [-0.2, 0) is 4.79 Å². The van der Waals surface area contributed by atoms with Gasteiger partial charge >= 0.3 is 0 Å². The van der Waals surface area contributed by atoms with E-state index in [2.05, 4.69) is 41.6 Å². The van der Waals surface area contributed by atoms with E-state index in [4.69, 9.17) is 0 Å². The fourth-order valence-corrected chi connectivity index (χ4v) is 3.91. The number of benzene rings is 2. The molecule has 0 fully saturated rings. The van der Waals surface area contributed by atoms with E-state index >= 15 is 0 Å². The number of amides is 1. The number of nitrogens with zero attached hydrogens (tertiary/aromatic N) is 6. The van der Waals surface area contributed by atoms with Crippen molar-refractivity contribution in [1.82, 2.24) is 25.2 Å². The van der Waals surface area contributed by atoms with Crippen LogP contribution in [-0.4, -0.2) is 42.5 Å². The Balaban J connectivity index is 1.46. The van der Waals surface area contributed by atoms with Crippen molar-refractivity contribution in [1.29, 1.82) is 0 Å². The lowest BCUT2D eigenvalue weighted by atomic mass is 10.2. The Morgan fingerprint density at radius 1 is 1.09 bits per heavy atom. The Morgan fingerprint density at radius 3 is 2.47 bits per heavy atom. The quantitative estimate of drug-likeness (QED) is 0.154. The van der Waals surface area contributed by atoms with Gasteiger partial charge in [0.2, 0.25) is 0 Å². The van der Waals surface area contributed by atoms with Crippen LogP contribution in [0.2, 0.25) is 0 Å². The smallest absolute Gasteiger partial charge is 0.269 e. The number of rotatable bonds is 8. The van der Waals surface area contributed by atoms with E-state index in [1.807, 2.05) is 41.0 Å². The van der Waals surface area contributed by atoms with Crippen LogP contribution in [0.4, 0.5) is 5.69 Å². The molecule has 0 aliphatic rings. The molecule has 12 heteroatoms. The van der Waals surface area contributed by atoms with Gasteiger partial charge in [-0.15, -0.1) is 10.2 Å². The molecule has 4 aromatic rings. The Labute approximate surface area is 206 Å². The molecule has 0 aliphatic heterocycles. The summed E-state index contributed by atoms with van der Waals surface area (Å²) in [5.41, 5.74) is 4.74. The molecule has 10 nitrogen and oxygen atoms in total. The number of pyridine rings is 1. The number of nitrogens with one attached hydrogen (secondary N) is 1. The summed E-state index contributed by atoms with van der Waals surface area (Å²) in [7, 11) is 0. The van der Waals surface area contributed by atoms with Crippen molar-refractivity contribution in [2.24, 2.45) is 5.10 Å². The number of non-ortho nitro benzene ring substituents is 1. The van der Waals surface area contributed by atoms with Crippen LogP contribution in [0, 0.1) is 10.1 Å². The molecular weight excluding hydrogens is 522 g/mol. The van der Waals surface area contributed by atoms with Crippen LogP contribution in [0.25, 0.3) is 17.1 Å². The minimum absolute atomic E-state index is 0.0152. The Morgan fingerprint density at radius 2 is 1.79 bits per heavy atom. The number of nitro benzene ring substituents is 1. The van der Waals surface area contributed by atoms with Gasteiger partial charge in [0.1, 0.15) is 0 Å². The van der Waals surface area contributed by atoms with Gasteiger partial charge in [0, 0.05) is 40.2 Å². The molecule has 0 radical (unpaired) electrons. The lowest BCUT2D eigenvalue weighted by molar-refractivity contribution is -0.384. The molecule has 1 amide bonds. The molecule has 0 unspecified atom stereocenters. The molecule has 2 heterocycles. The standard InChI is InChI=1S/C22H16BrN7O3S/c23-17-3-7-18(8-4-17)29-21(16-9-11-24-12-10-16)27-28-22(29)34-14-20(31)26-25-13-15-1-5-19(6-2-15)30(32)33/h1-13H,14H2,(H,26,31). The first-order chi connectivity index (χ1) is 16.5. The number of carbonyl (C=O) groups is 1. The lowest BCUT2D eigenvalue weighted by Crippen LogP contribution is -2.20. The molecule has 2 aromatic heterocycles. The minimum Gasteiger partial charge on any atom is -0.272 e. The number of hydrogen-bond donors (Lipinski definition) is 1. The third-order valence-electron chi connectivity index (χ3n) is 4.50. The van der Waals surface area contributed by atoms with Crippen molar-refractivity contribution in [3.63, 3.8) is 0 Å². The van der Waals surface area contributed by atoms with Crippen molar-refractivity contribution < 1.29 is 9.72 Å². The maximum absolute atomic E-state index is 12.3. The maximum atomic E-state index is 12.3. The summed E-state index contributed by atoms with van der Waals surface area (Å²) >= 11 is 4.66. The fourth-order valence-electron chi connectivity index (χ4n) is 2.90. The average Bonchev–Trinajstić information content (AvgIpc) is 3.28. The second-order valence-electron chi connectivity index (χ2n) is 6.78. The number of carbonyl (C=O) groups excluding carboxylic acids is 1. The molecule has 34 heavy (non-hydrogen) atoms. The van der Waals surface area contributed by atoms with Gasteiger partial charge in [0.05, 0.1) is 16.9 Å². The molecule has 1 N–H and O–H groups in total. The van der Waals surface area contributed by atoms with Crippen LogP contribution < -0.4 is 5.43 Å². The van der Waals surface area contributed by atoms with Gasteiger partial charge in [-0.25, -0.2) is 5.43 Å². The third-order valence-corrected chi connectivity index (χ3v) is 5.95. The van der Waals surface area contributed by atoms with Gasteiger partial charge in [-0.2, -0.15) is 5.10 Å². The van der Waals surface area contributed by atoms with Crippen molar-refractivity contribution in [2.45, 2.75) is 5.16 Å². The highest BCUT2D eigenvalue weighted by atomic mass is 79.9. The third kappa shape index (κ3) is 5.71. The van der Waals surface area contributed by atoms with Crippen LogP contribution in [0.1, 0.15) is 5.56 Å². The number of thioether (sulfide) groups is 1. The van der Waals surface area contributed by atoms with E-state index in [-0.39, 0.29) is 17.3 Å². The number of hydrogen-bond acceptors (Lipinski definition) is 8. The van der Waals surface area contributed by atoms with Gasteiger partial charge in [0.15, 0.2) is 11.0 Å². The fraction of sp³-hybridized carbons (Fsp3) is 0.0455. The summed E-state index contributed by atoms with van der Waals surface area (Å²) in [5.74, 6) is 0.352.